The maximum atomic E-state index is 12.4. The molecule has 7 heteroatoms. The van der Waals surface area contributed by atoms with Crippen molar-refractivity contribution in [3.05, 3.63) is 47.9 Å². The van der Waals surface area contributed by atoms with E-state index in [1.54, 1.807) is 18.1 Å². The highest BCUT2D eigenvalue weighted by Crippen LogP contribution is 2.19. The van der Waals surface area contributed by atoms with Gasteiger partial charge in [0, 0.05) is 25.6 Å². The number of nitrogens with zero attached hydrogens (tertiary/aromatic N) is 2. The Bertz CT molecular complexity index is 728. The van der Waals surface area contributed by atoms with Crippen molar-refractivity contribution in [2.45, 2.75) is 25.8 Å². The van der Waals surface area contributed by atoms with Gasteiger partial charge in [-0.25, -0.2) is 0 Å². The molecular formula is C19H23N3O4. The first-order valence-corrected chi connectivity index (χ1v) is 8.73. The lowest BCUT2D eigenvalue weighted by atomic mass is 9.96. The van der Waals surface area contributed by atoms with Gasteiger partial charge in [0.05, 0.1) is 19.6 Å². The molecule has 1 aliphatic heterocycles. The van der Waals surface area contributed by atoms with E-state index >= 15 is 0 Å². The molecule has 0 spiro atoms. The molecule has 1 atom stereocenters. The largest absolute Gasteiger partial charge is 0.497 e. The lowest BCUT2D eigenvalue weighted by molar-refractivity contribution is -0.138. The molecule has 1 aromatic heterocycles. The second kappa shape index (κ2) is 8.51. The van der Waals surface area contributed by atoms with Crippen molar-refractivity contribution in [2.75, 3.05) is 20.2 Å². The molecular weight excluding hydrogens is 334 g/mol. The van der Waals surface area contributed by atoms with Crippen LogP contribution in [-0.2, 0) is 22.6 Å². The normalized spacial score (nSPS) is 17.2. The molecule has 1 fully saturated rings. The first-order chi connectivity index (χ1) is 12.7. The first-order valence-electron chi connectivity index (χ1n) is 8.73. The molecule has 2 heterocycles. The summed E-state index contributed by atoms with van der Waals surface area (Å²) in [6, 6.07) is 9.53. The Labute approximate surface area is 152 Å². The Morgan fingerprint density at radius 2 is 2.15 bits per heavy atom. The van der Waals surface area contributed by atoms with Crippen LogP contribution in [0.15, 0.2) is 41.1 Å². The second-order valence-electron chi connectivity index (χ2n) is 6.38. The van der Waals surface area contributed by atoms with Crippen molar-refractivity contribution < 1.29 is 18.8 Å². The Balaban J connectivity index is 1.50. The van der Waals surface area contributed by atoms with Crippen LogP contribution < -0.4 is 10.1 Å². The fourth-order valence-corrected chi connectivity index (χ4v) is 3.05. The number of nitrogens with one attached hydrogen (secondary N) is 1. The standard InChI is InChI=1S/C19H23N3O4/c1-25-17-5-2-14(3-6-17)8-10-22-13-15(4-7-18(22)23)19(24)20-12-16-9-11-26-21-16/h2-3,5-6,9,11,15H,4,7-8,10,12-13H2,1H3,(H,20,24)/t15-/m1/s1. The van der Waals surface area contributed by atoms with Gasteiger partial charge in [-0.3, -0.25) is 9.59 Å². The monoisotopic (exact) mass is 357 g/mol. The Kier molecular flexibility index (Phi) is 5.88. The summed E-state index contributed by atoms with van der Waals surface area (Å²) in [6.07, 6.45) is 3.22. The van der Waals surface area contributed by atoms with Crippen LogP contribution in [-0.4, -0.2) is 42.1 Å². The molecule has 1 aliphatic rings. The van der Waals surface area contributed by atoms with Crippen LogP contribution in [0.1, 0.15) is 24.1 Å². The van der Waals surface area contributed by atoms with Crippen molar-refractivity contribution in [1.82, 2.24) is 15.4 Å². The van der Waals surface area contributed by atoms with E-state index in [1.807, 2.05) is 24.3 Å². The third kappa shape index (κ3) is 4.62. The molecule has 26 heavy (non-hydrogen) atoms. The number of methoxy groups -OCH3 is 1. The van der Waals surface area contributed by atoms with Crippen LogP contribution in [0.5, 0.6) is 5.75 Å². The number of likely N-dealkylation sites (tertiary alicyclic amines) is 1. The summed E-state index contributed by atoms with van der Waals surface area (Å²) >= 11 is 0. The van der Waals surface area contributed by atoms with Crippen molar-refractivity contribution in [3.63, 3.8) is 0 Å². The van der Waals surface area contributed by atoms with Gasteiger partial charge in [0.25, 0.3) is 0 Å². The summed E-state index contributed by atoms with van der Waals surface area (Å²) in [4.78, 5) is 26.3. The van der Waals surface area contributed by atoms with E-state index in [0.29, 0.717) is 38.2 Å². The summed E-state index contributed by atoms with van der Waals surface area (Å²) < 4.78 is 9.90. The van der Waals surface area contributed by atoms with Crippen LogP contribution in [0, 0.1) is 5.92 Å². The number of hydrogen-bond donors (Lipinski definition) is 1. The minimum atomic E-state index is -0.185. The van der Waals surface area contributed by atoms with E-state index in [-0.39, 0.29) is 17.7 Å². The van der Waals surface area contributed by atoms with E-state index in [4.69, 9.17) is 9.26 Å². The minimum absolute atomic E-state index is 0.0463. The highest BCUT2D eigenvalue weighted by molar-refractivity contribution is 5.83. The summed E-state index contributed by atoms with van der Waals surface area (Å²) in [5.74, 6) is 0.691. The van der Waals surface area contributed by atoms with Gasteiger partial charge in [-0.2, -0.15) is 0 Å². The fraction of sp³-hybridized carbons (Fsp3) is 0.421. The highest BCUT2D eigenvalue weighted by atomic mass is 16.5. The number of carbonyl (C=O) groups is 2. The summed E-state index contributed by atoms with van der Waals surface area (Å²) in [5.41, 5.74) is 1.82. The van der Waals surface area contributed by atoms with Crippen LogP contribution in [0.25, 0.3) is 0 Å². The predicted molar refractivity (Wildman–Crippen MR) is 94.4 cm³/mol. The summed E-state index contributed by atoms with van der Waals surface area (Å²) in [7, 11) is 1.63. The SMILES string of the molecule is COc1ccc(CCN2C[C@H](C(=O)NCc3ccon3)CCC2=O)cc1. The highest BCUT2D eigenvalue weighted by Gasteiger charge is 2.29. The van der Waals surface area contributed by atoms with Crippen LogP contribution >= 0.6 is 0 Å². The van der Waals surface area contributed by atoms with E-state index < -0.39 is 0 Å². The summed E-state index contributed by atoms with van der Waals surface area (Å²) in [6.45, 7) is 1.41. The lowest BCUT2D eigenvalue weighted by Crippen LogP contribution is -2.46. The predicted octanol–water partition coefficient (Wildman–Crippen LogP) is 1.78. The Hall–Kier alpha value is -2.83. The molecule has 0 aliphatic carbocycles. The molecule has 2 aromatic rings. The zero-order valence-electron chi connectivity index (χ0n) is 14.8. The quantitative estimate of drug-likeness (QED) is 0.816. The number of carbonyl (C=O) groups excluding carboxylic acids is 2. The van der Waals surface area contributed by atoms with Crippen molar-refractivity contribution in [1.29, 1.82) is 0 Å². The van der Waals surface area contributed by atoms with Gasteiger partial charge in [0.2, 0.25) is 11.8 Å². The van der Waals surface area contributed by atoms with E-state index in [1.165, 1.54) is 6.26 Å². The number of rotatable bonds is 7. The molecule has 2 amide bonds. The third-order valence-electron chi connectivity index (χ3n) is 4.64. The van der Waals surface area contributed by atoms with E-state index in [0.717, 1.165) is 17.7 Å². The summed E-state index contributed by atoms with van der Waals surface area (Å²) in [5, 5.41) is 6.64. The van der Waals surface area contributed by atoms with Gasteiger partial charge < -0.3 is 19.5 Å². The zero-order valence-corrected chi connectivity index (χ0v) is 14.8. The number of aromatic nitrogens is 1. The fourth-order valence-electron chi connectivity index (χ4n) is 3.05. The minimum Gasteiger partial charge on any atom is -0.497 e. The van der Waals surface area contributed by atoms with Crippen LogP contribution in [0.3, 0.4) is 0 Å². The van der Waals surface area contributed by atoms with Crippen molar-refractivity contribution in [2.24, 2.45) is 5.92 Å². The van der Waals surface area contributed by atoms with Gasteiger partial charge in [-0.15, -0.1) is 0 Å². The maximum Gasteiger partial charge on any atom is 0.225 e. The average Bonchev–Trinajstić information content (AvgIpc) is 3.19. The van der Waals surface area contributed by atoms with Crippen molar-refractivity contribution in [3.8, 4) is 5.75 Å². The number of hydrogen-bond acceptors (Lipinski definition) is 5. The van der Waals surface area contributed by atoms with Gasteiger partial charge >= 0.3 is 0 Å². The third-order valence-corrected chi connectivity index (χ3v) is 4.64. The van der Waals surface area contributed by atoms with Crippen molar-refractivity contribution >= 4 is 11.8 Å². The first kappa shape index (κ1) is 18.0. The van der Waals surface area contributed by atoms with Gasteiger partial charge in [0.1, 0.15) is 17.7 Å². The molecule has 1 saturated heterocycles. The van der Waals surface area contributed by atoms with Crippen LogP contribution in [0.4, 0.5) is 0 Å². The van der Waals surface area contributed by atoms with Crippen LogP contribution in [0.2, 0.25) is 0 Å². The smallest absolute Gasteiger partial charge is 0.225 e. The molecule has 0 radical (unpaired) electrons. The Morgan fingerprint density at radius 3 is 2.85 bits per heavy atom. The van der Waals surface area contributed by atoms with E-state index in [9.17, 15) is 9.59 Å². The molecule has 0 unspecified atom stereocenters. The van der Waals surface area contributed by atoms with Gasteiger partial charge in [-0.1, -0.05) is 17.3 Å². The molecule has 0 saturated carbocycles. The number of ether oxygens (including phenoxy) is 1. The molecule has 3 rings (SSSR count). The average molecular weight is 357 g/mol. The number of benzene rings is 1. The number of amides is 2. The zero-order chi connectivity index (χ0) is 18.4. The van der Waals surface area contributed by atoms with E-state index in [2.05, 4.69) is 10.5 Å². The van der Waals surface area contributed by atoms with Gasteiger partial charge in [0.15, 0.2) is 0 Å². The lowest BCUT2D eigenvalue weighted by Gasteiger charge is -2.32. The number of piperidine rings is 1. The molecule has 0 bridgehead atoms. The second-order valence-corrected chi connectivity index (χ2v) is 6.38. The molecule has 7 nitrogen and oxygen atoms in total. The molecule has 1 N–H and O–H groups in total. The maximum absolute atomic E-state index is 12.4. The van der Waals surface area contributed by atoms with Gasteiger partial charge in [-0.05, 0) is 30.5 Å². The topological polar surface area (TPSA) is 84.7 Å². The molecule has 1 aromatic carbocycles. The molecule has 138 valence electrons. The Morgan fingerprint density at radius 1 is 1.35 bits per heavy atom.